The first-order chi connectivity index (χ1) is 5.88. The molecule has 4 nitrogen and oxygen atoms in total. The van der Waals surface area contributed by atoms with E-state index in [0.29, 0.717) is 0 Å². The molecule has 0 spiro atoms. The second kappa shape index (κ2) is 4.23. The molecule has 1 aromatic rings. The molecule has 0 saturated carbocycles. The van der Waals surface area contributed by atoms with Crippen molar-refractivity contribution in [2.24, 2.45) is 10.2 Å². The zero-order valence-corrected chi connectivity index (χ0v) is 6.88. The lowest BCUT2D eigenvalue weighted by molar-refractivity contribution is 0.933. The van der Waals surface area contributed by atoms with E-state index < -0.39 is 0 Å². The molecule has 62 valence electrons. The Bertz CT molecular complexity index is 268. The number of nitrogens with zero attached hydrogens (tertiary/aromatic N) is 4. The van der Waals surface area contributed by atoms with E-state index >= 15 is 0 Å². The van der Waals surface area contributed by atoms with Crippen molar-refractivity contribution in [2.75, 3.05) is 5.12 Å². The lowest BCUT2D eigenvalue weighted by Crippen LogP contribution is -2.06. The maximum atomic E-state index is 3.95. The van der Waals surface area contributed by atoms with Crippen LogP contribution in [0.5, 0.6) is 0 Å². The van der Waals surface area contributed by atoms with Gasteiger partial charge in [-0.05, 0) is 19.1 Å². The first kappa shape index (κ1) is 8.39. The van der Waals surface area contributed by atoms with Gasteiger partial charge in [-0.25, -0.2) is 0 Å². The van der Waals surface area contributed by atoms with Crippen LogP contribution in [0.1, 0.15) is 6.92 Å². The monoisotopic (exact) mass is 162 g/mol. The molecule has 0 aliphatic carbocycles. The van der Waals surface area contributed by atoms with Crippen molar-refractivity contribution in [2.45, 2.75) is 6.92 Å². The summed E-state index contributed by atoms with van der Waals surface area (Å²) in [6.45, 7) is 5.20. The van der Waals surface area contributed by atoms with Gasteiger partial charge in [-0.2, -0.15) is 15.3 Å². The van der Waals surface area contributed by atoms with E-state index in [1.54, 1.807) is 18.6 Å². The molecule has 0 fully saturated rings. The Morgan fingerprint density at radius 3 is 3.00 bits per heavy atom. The third kappa shape index (κ3) is 1.88. The fourth-order valence-corrected chi connectivity index (χ4v) is 0.766. The van der Waals surface area contributed by atoms with Gasteiger partial charge in [0.05, 0.1) is 6.20 Å². The van der Waals surface area contributed by atoms with E-state index in [1.807, 2.05) is 19.1 Å². The number of hydrogen-bond acceptors (Lipinski definition) is 4. The molecule has 0 radical (unpaired) electrons. The summed E-state index contributed by atoms with van der Waals surface area (Å²) in [7, 11) is 0. The predicted molar refractivity (Wildman–Crippen MR) is 50.4 cm³/mol. The SMILES string of the molecule is C=NN(/N=C\C)c1cccnc1. The normalized spacial score (nSPS) is 10.1. The van der Waals surface area contributed by atoms with Crippen LogP contribution in [0.15, 0.2) is 34.7 Å². The van der Waals surface area contributed by atoms with Gasteiger partial charge in [-0.3, -0.25) is 4.98 Å². The van der Waals surface area contributed by atoms with E-state index in [1.165, 1.54) is 5.12 Å². The number of aromatic nitrogens is 1. The number of hydrazone groups is 2. The van der Waals surface area contributed by atoms with Crippen LogP contribution in [0.4, 0.5) is 5.69 Å². The lowest BCUT2D eigenvalue weighted by atomic mass is 10.4. The van der Waals surface area contributed by atoms with E-state index in [9.17, 15) is 0 Å². The highest BCUT2D eigenvalue weighted by Gasteiger charge is 1.98. The Morgan fingerprint density at radius 2 is 2.50 bits per heavy atom. The minimum Gasteiger partial charge on any atom is -0.262 e. The summed E-state index contributed by atoms with van der Waals surface area (Å²) in [4.78, 5) is 3.93. The topological polar surface area (TPSA) is 40.9 Å². The van der Waals surface area contributed by atoms with Gasteiger partial charge in [0.1, 0.15) is 5.69 Å². The maximum absolute atomic E-state index is 3.95. The standard InChI is InChI=1S/C8H10N4/c1-3-11-12(9-2)8-5-4-6-10-7-8/h3-7H,2H2,1H3/b11-3-. The Morgan fingerprint density at radius 1 is 1.67 bits per heavy atom. The molecule has 12 heavy (non-hydrogen) atoms. The summed E-state index contributed by atoms with van der Waals surface area (Å²) in [5.41, 5.74) is 0.797. The largest absolute Gasteiger partial charge is 0.262 e. The Labute approximate surface area is 71.2 Å². The van der Waals surface area contributed by atoms with Crippen LogP contribution in [0.3, 0.4) is 0 Å². The maximum Gasteiger partial charge on any atom is 0.104 e. The molecule has 0 aromatic carbocycles. The van der Waals surface area contributed by atoms with Crippen molar-refractivity contribution in [3.05, 3.63) is 24.5 Å². The first-order valence-corrected chi connectivity index (χ1v) is 3.54. The second-order valence-corrected chi connectivity index (χ2v) is 2.02. The zero-order chi connectivity index (χ0) is 8.81. The lowest BCUT2D eigenvalue weighted by Gasteiger charge is -2.09. The fourth-order valence-electron chi connectivity index (χ4n) is 0.766. The molecule has 0 N–H and O–H groups in total. The molecule has 0 atom stereocenters. The molecular formula is C8H10N4. The van der Waals surface area contributed by atoms with Gasteiger partial charge in [0.2, 0.25) is 0 Å². The summed E-state index contributed by atoms with van der Waals surface area (Å²) in [5.74, 6) is 0. The molecular weight excluding hydrogens is 152 g/mol. The quantitative estimate of drug-likeness (QED) is 0.499. The zero-order valence-electron chi connectivity index (χ0n) is 6.88. The molecule has 0 bridgehead atoms. The highest BCUT2D eigenvalue weighted by Crippen LogP contribution is 2.10. The van der Waals surface area contributed by atoms with Crippen molar-refractivity contribution in [3.63, 3.8) is 0 Å². The van der Waals surface area contributed by atoms with E-state index in [-0.39, 0.29) is 0 Å². The summed E-state index contributed by atoms with van der Waals surface area (Å²) in [6, 6.07) is 3.67. The van der Waals surface area contributed by atoms with Crippen molar-refractivity contribution in [1.29, 1.82) is 0 Å². The van der Waals surface area contributed by atoms with Crippen LogP contribution in [-0.4, -0.2) is 17.9 Å². The third-order valence-electron chi connectivity index (χ3n) is 1.24. The summed E-state index contributed by atoms with van der Waals surface area (Å²) in [6.07, 6.45) is 5.00. The van der Waals surface area contributed by atoms with Gasteiger partial charge in [-0.15, -0.1) is 0 Å². The number of anilines is 1. The number of rotatable bonds is 3. The highest BCUT2D eigenvalue weighted by molar-refractivity contribution is 5.57. The van der Waals surface area contributed by atoms with Gasteiger partial charge in [-0.1, -0.05) is 0 Å². The van der Waals surface area contributed by atoms with Crippen LogP contribution in [0.25, 0.3) is 0 Å². The Balaban J connectivity index is 2.87. The average Bonchev–Trinajstić information content (AvgIpc) is 2.15. The number of pyridine rings is 1. The molecule has 1 rings (SSSR count). The average molecular weight is 162 g/mol. The van der Waals surface area contributed by atoms with E-state index in [2.05, 4.69) is 21.9 Å². The molecule has 0 saturated heterocycles. The van der Waals surface area contributed by atoms with Crippen molar-refractivity contribution in [1.82, 2.24) is 4.98 Å². The molecule has 1 aromatic heterocycles. The molecule has 1 heterocycles. The first-order valence-electron chi connectivity index (χ1n) is 3.54. The summed E-state index contributed by atoms with van der Waals surface area (Å²) >= 11 is 0. The van der Waals surface area contributed by atoms with Gasteiger partial charge >= 0.3 is 0 Å². The Kier molecular flexibility index (Phi) is 2.95. The van der Waals surface area contributed by atoms with Crippen LogP contribution >= 0.6 is 0 Å². The fraction of sp³-hybridized carbons (Fsp3) is 0.125. The van der Waals surface area contributed by atoms with Gasteiger partial charge in [0, 0.05) is 19.1 Å². The summed E-state index contributed by atoms with van der Waals surface area (Å²) in [5, 5.41) is 9.06. The van der Waals surface area contributed by atoms with Crippen LogP contribution in [0, 0.1) is 0 Å². The minimum atomic E-state index is 0.797. The molecule has 0 unspecified atom stereocenters. The van der Waals surface area contributed by atoms with Crippen LogP contribution < -0.4 is 5.12 Å². The third-order valence-corrected chi connectivity index (χ3v) is 1.24. The minimum absolute atomic E-state index is 0.797. The van der Waals surface area contributed by atoms with Crippen LogP contribution in [-0.2, 0) is 0 Å². The summed E-state index contributed by atoms with van der Waals surface area (Å²) < 4.78 is 0. The second-order valence-electron chi connectivity index (χ2n) is 2.02. The van der Waals surface area contributed by atoms with Gasteiger partial charge in [0.25, 0.3) is 0 Å². The Hall–Kier alpha value is -1.71. The van der Waals surface area contributed by atoms with Gasteiger partial charge in [0.15, 0.2) is 0 Å². The van der Waals surface area contributed by atoms with E-state index in [4.69, 9.17) is 0 Å². The van der Waals surface area contributed by atoms with Crippen molar-refractivity contribution in [3.8, 4) is 0 Å². The highest BCUT2D eigenvalue weighted by atomic mass is 15.7. The molecule has 4 heteroatoms. The molecule has 0 amide bonds. The van der Waals surface area contributed by atoms with Crippen molar-refractivity contribution >= 4 is 18.6 Å². The van der Waals surface area contributed by atoms with Crippen molar-refractivity contribution < 1.29 is 0 Å². The van der Waals surface area contributed by atoms with Crippen LogP contribution in [0.2, 0.25) is 0 Å². The smallest absolute Gasteiger partial charge is 0.104 e. The predicted octanol–water partition coefficient (Wildman–Crippen LogP) is 1.51. The van der Waals surface area contributed by atoms with Gasteiger partial charge < -0.3 is 0 Å². The number of hydrogen-bond donors (Lipinski definition) is 0. The van der Waals surface area contributed by atoms with E-state index in [0.717, 1.165) is 5.69 Å². The molecule has 0 aliphatic rings. The molecule has 0 aliphatic heterocycles.